The van der Waals surface area contributed by atoms with Gasteiger partial charge in [0.25, 0.3) is 11.8 Å². The first kappa shape index (κ1) is 19.3. The average Bonchev–Trinajstić information content (AvgIpc) is 2.62. The molecule has 0 bridgehead atoms. The number of halogens is 3. The third kappa shape index (κ3) is 4.54. The highest BCUT2D eigenvalue weighted by atomic mass is 35.5. The first-order chi connectivity index (χ1) is 12.3. The van der Waals surface area contributed by atoms with E-state index in [2.05, 4.69) is 4.74 Å². The van der Waals surface area contributed by atoms with Gasteiger partial charge < -0.3 is 9.47 Å². The third-order valence-corrected chi connectivity index (χ3v) is 3.48. The number of ether oxygens (including phenoxy) is 2. The van der Waals surface area contributed by atoms with Gasteiger partial charge in [-0.15, -0.1) is 0 Å². The van der Waals surface area contributed by atoms with Crippen LogP contribution in [0.4, 0.5) is 8.78 Å². The van der Waals surface area contributed by atoms with Gasteiger partial charge in [-0.05, 0) is 24.3 Å². The van der Waals surface area contributed by atoms with E-state index in [1.807, 2.05) is 5.32 Å². The molecule has 0 heterocycles. The Hall–Kier alpha value is -3.00. The molecule has 0 aliphatic carbocycles. The van der Waals surface area contributed by atoms with Crippen LogP contribution in [0, 0.1) is 11.6 Å². The van der Waals surface area contributed by atoms with Crippen molar-refractivity contribution in [2.75, 3.05) is 13.7 Å². The largest absolute Gasteiger partial charge is 0.496 e. The summed E-state index contributed by atoms with van der Waals surface area (Å²) in [6, 6.07) is 7.35. The Morgan fingerprint density at radius 1 is 1.08 bits per heavy atom. The number of imide groups is 1. The lowest BCUT2D eigenvalue weighted by Gasteiger charge is -2.09. The van der Waals surface area contributed by atoms with Gasteiger partial charge in [0.15, 0.2) is 18.2 Å². The molecule has 136 valence electrons. The average molecular weight is 384 g/mol. The Morgan fingerprint density at radius 3 is 2.42 bits per heavy atom. The molecule has 0 radical (unpaired) electrons. The number of hydrogen-bond donors (Lipinski definition) is 1. The fraction of sp³-hybridized carbons (Fsp3) is 0.118. The summed E-state index contributed by atoms with van der Waals surface area (Å²) < 4.78 is 35.8. The zero-order chi connectivity index (χ0) is 19.3. The van der Waals surface area contributed by atoms with Crippen LogP contribution in [-0.2, 0) is 9.53 Å². The molecule has 2 aromatic rings. The fourth-order valence-corrected chi connectivity index (χ4v) is 2.18. The molecule has 0 unspecified atom stereocenters. The van der Waals surface area contributed by atoms with Crippen molar-refractivity contribution in [3.63, 3.8) is 0 Å². The molecule has 1 N–H and O–H groups in total. The van der Waals surface area contributed by atoms with Gasteiger partial charge in [0.05, 0.1) is 23.3 Å². The van der Waals surface area contributed by atoms with Crippen molar-refractivity contribution in [3.05, 3.63) is 64.2 Å². The van der Waals surface area contributed by atoms with E-state index in [1.54, 1.807) is 12.1 Å². The Bertz CT molecular complexity index is 872. The molecule has 0 aromatic heterocycles. The van der Waals surface area contributed by atoms with E-state index in [0.29, 0.717) is 12.1 Å². The molecule has 0 aliphatic rings. The van der Waals surface area contributed by atoms with E-state index in [-0.39, 0.29) is 16.3 Å². The molecule has 26 heavy (non-hydrogen) atoms. The number of nitrogens with one attached hydrogen (secondary N) is 1. The fourth-order valence-electron chi connectivity index (χ4n) is 1.95. The minimum atomic E-state index is -1.29. The van der Waals surface area contributed by atoms with Crippen LogP contribution < -0.4 is 10.1 Å². The monoisotopic (exact) mass is 383 g/mol. The first-order valence-corrected chi connectivity index (χ1v) is 7.50. The zero-order valence-electron chi connectivity index (χ0n) is 13.3. The van der Waals surface area contributed by atoms with E-state index in [1.165, 1.54) is 19.2 Å². The van der Waals surface area contributed by atoms with Crippen LogP contribution in [0.3, 0.4) is 0 Å². The number of rotatable bonds is 5. The molecule has 2 rings (SSSR count). The van der Waals surface area contributed by atoms with Crippen LogP contribution in [0.25, 0.3) is 0 Å². The lowest BCUT2D eigenvalue weighted by Crippen LogP contribution is -2.34. The summed E-state index contributed by atoms with van der Waals surface area (Å²) in [6.07, 6.45) is 0. The number of benzene rings is 2. The molecule has 2 aromatic carbocycles. The van der Waals surface area contributed by atoms with Gasteiger partial charge in [0.1, 0.15) is 5.75 Å². The number of amides is 2. The Labute approximate surface area is 151 Å². The number of hydrogen-bond acceptors (Lipinski definition) is 5. The van der Waals surface area contributed by atoms with E-state index in [0.717, 1.165) is 0 Å². The minimum Gasteiger partial charge on any atom is -0.496 e. The smallest absolute Gasteiger partial charge is 0.340 e. The van der Waals surface area contributed by atoms with E-state index >= 15 is 0 Å². The minimum absolute atomic E-state index is 0.110. The molecule has 9 heteroatoms. The third-order valence-electron chi connectivity index (χ3n) is 3.17. The van der Waals surface area contributed by atoms with Crippen molar-refractivity contribution in [1.82, 2.24) is 5.32 Å². The summed E-state index contributed by atoms with van der Waals surface area (Å²) >= 11 is 5.63. The van der Waals surface area contributed by atoms with Gasteiger partial charge in [0, 0.05) is 0 Å². The molecular formula is C17H12ClF2NO5. The van der Waals surface area contributed by atoms with Crippen LogP contribution in [0.5, 0.6) is 5.75 Å². The van der Waals surface area contributed by atoms with Crippen molar-refractivity contribution in [2.45, 2.75) is 0 Å². The Morgan fingerprint density at radius 2 is 1.73 bits per heavy atom. The van der Waals surface area contributed by atoms with Crippen molar-refractivity contribution in [3.8, 4) is 5.75 Å². The molecule has 6 nitrogen and oxygen atoms in total. The van der Waals surface area contributed by atoms with Gasteiger partial charge in [-0.1, -0.05) is 23.7 Å². The highest BCUT2D eigenvalue weighted by Gasteiger charge is 2.19. The molecule has 0 atom stereocenters. The van der Waals surface area contributed by atoms with Gasteiger partial charge in [-0.3, -0.25) is 14.9 Å². The van der Waals surface area contributed by atoms with Crippen LogP contribution in [0.1, 0.15) is 20.7 Å². The van der Waals surface area contributed by atoms with Crippen LogP contribution in [0.15, 0.2) is 36.4 Å². The lowest BCUT2D eigenvalue weighted by molar-refractivity contribution is -0.123. The summed E-state index contributed by atoms with van der Waals surface area (Å²) in [5, 5.41) is 1.64. The second-order valence-corrected chi connectivity index (χ2v) is 5.31. The molecule has 0 aliphatic heterocycles. The van der Waals surface area contributed by atoms with Crippen LogP contribution in [-0.4, -0.2) is 31.5 Å². The maximum atomic E-state index is 13.2. The summed E-state index contributed by atoms with van der Waals surface area (Å²) in [7, 11) is 1.36. The van der Waals surface area contributed by atoms with Gasteiger partial charge in [-0.2, -0.15) is 0 Å². The Balaban J connectivity index is 1.97. The molecule has 2 amide bonds. The van der Waals surface area contributed by atoms with Crippen molar-refractivity contribution >= 4 is 29.4 Å². The molecule has 0 fully saturated rings. The van der Waals surface area contributed by atoms with Crippen LogP contribution in [0.2, 0.25) is 5.02 Å². The predicted octanol–water partition coefficient (Wildman–Crippen LogP) is 2.74. The summed E-state index contributed by atoms with van der Waals surface area (Å²) in [4.78, 5) is 35.6. The highest BCUT2D eigenvalue weighted by molar-refractivity contribution is 6.33. The Kier molecular flexibility index (Phi) is 6.24. The number of carbonyl (C=O) groups excluding carboxylic acids is 3. The van der Waals surface area contributed by atoms with E-state index in [9.17, 15) is 23.2 Å². The molecule has 0 spiro atoms. The highest BCUT2D eigenvalue weighted by Crippen LogP contribution is 2.21. The second kappa shape index (κ2) is 8.39. The van der Waals surface area contributed by atoms with Gasteiger partial charge in [-0.25, -0.2) is 13.6 Å². The first-order valence-electron chi connectivity index (χ1n) is 7.12. The predicted molar refractivity (Wildman–Crippen MR) is 87.1 cm³/mol. The summed E-state index contributed by atoms with van der Waals surface area (Å²) in [5.74, 6) is -5.09. The number of carbonyl (C=O) groups is 3. The zero-order valence-corrected chi connectivity index (χ0v) is 14.1. The molecule has 0 saturated carbocycles. The number of methoxy groups -OCH3 is 1. The van der Waals surface area contributed by atoms with Crippen LogP contribution >= 0.6 is 11.6 Å². The van der Waals surface area contributed by atoms with Gasteiger partial charge >= 0.3 is 5.97 Å². The maximum absolute atomic E-state index is 13.2. The summed E-state index contributed by atoms with van der Waals surface area (Å²) in [6.45, 7) is -0.824. The maximum Gasteiger partial charge on any atom is 0.340 e. The van der Waals surface area contributed by atoms with Crippen molar-refractivity contribution in [2.24, 2.45) is 0 Å². The normalized spacial score (nSPS) is 10.2. The molecule has 0 saturated heterocycles. The van der Waals surface area contributed by atoms with Crippen molar-refractivity contribution < 1.29 is 32.6 Å². The van der Waals surface area contributed by atoms with Crippen molar-refractivity contribution in [1.29, 1.82) is 0 Å². The number of para-hydroxylation sites is 1. The SMILES string of the molecule is COc1ccccc1C(=O)NC(=O)COC(=O)c1cc(F)c(F)cc1Cl. The topological polar surface area (TPSA) is 81.7 Å². The molecular weight excluding hydrogens is 372 g/mol. The van der Waals surface area contributed by atoms with E-state index in [4.69, 9.17) is 16.3 Å². The second-order valence-electron chi connectivity index (χ2n) is 4.90. The van der Waals surface area contributed by atoms with Gasteiger partial charge in [0.2, 0.25) is 0 Å². The summed E-state index contributed by atoms with van der Waals surface area (Å²) in [5.41, 5.74) is -0.340. The van der Waals surface area contributed by atoms with E-state index < -0.39 is 41.6 Å². The number of esters is 1. The standard InChI is InChI=1S/C17H12ClF2NO5/c1-25-14-5-3-2-4-9(14)16(23)21-15(22)8-26-17(24)10-6-12(19)13(20)7-11(10)18/h2-7H,8H2,1H3,(H,21,22,23). The quantitative estimate of drug-likeness (QED) is 0.634. The lowest BCUT2D eigenvalue weighted by atomic mass is 10.2.